The van der Waals surface area contributed by atoms with E-state index in [1.54, 1.807) is 18.3 Å². The number of nitrogens with one attached hydrogen (secondary N) is 2. The molecule has 7 heteroatoms. The smallest absolute Gasteiger partial charge is 0.237 e. The maximum Gasteiger partial charge on any atom is 0.237 e. The molecule has 1 aliphatic rings. The maximum atomic E-state index is 12.7. The quantitative estimate of drug-likeness (QED) is 0.719. The molecule has 7 nitrogen and oxygen atoms in total. The second-order valence-electron chi connectivity index (χ2n) is 7.13. The summed E-state index contributed by atoms with van der Waals surface area (Å²) in [5, 5.41) is 15.2. The number of carbonyl (C=O) groups is 1. The van der Waals surface area contributed by atoms with Crippen molar-refractivity contribution < 1.29 is 9.53 Å². The molecule has 1 aromatic heterocycles. The zero-order valence-electron chi connectivity index (χ0n) is 16.0. The highest BCUT2D eigenvalue weighted by Gasteiger charge is 2.33. The van der Waals surface area contributed by atoms with Crippen molar-refractivity contribution in [1.82, 2.24) is 15.2 Å². The molecular weight excluding hydrogens is 330 g/mol. The predicted octanol–water partition coefficient (Wildman–Crippen LogP) is 1.62. The van der Waals surface area contributed by atoms with Crippen molar-refractivity contribution >= 4 is 11.7 Å². The van der Waals surface area contributed by atoms with E-state index in [0.717, 1.165) is 13.1 Å². The van der Waals surface area contributed by atoms with Crippen LogP contribution >= 0.6 is 0 Å². The fraction of sp³-hybridized carbons (Fsp3) is 0.632. The third-order valence-corrected chi connectivity index (χ3v) is 4.39. The van der Waals surface area contributed by atoms with Crippen LogP contribution in [0.5, 0.6) is 0 Å². The van der Waals surface area contributed by atoms with E-state index in [1.807, 2.05) is 13.8 Å². The minimum absolute atomic E-state index is 0.0321. The Bertz CT molecular complexity index is 633. The first-order valence-electron chi connectivity index (χ1n) is 9.18. The number of carbonyl (C=O) groups excluding carboxylic acids is 1. The van der Waals surface area contributed by atoms with Crippen LogP contribution in [0.4, 0.5) is 5.82 Å². The molecule has 26 heavy (non-hydrogen) atoms. The van der Waals surface area contributed by atoms with Gasteiger partial charge in [0.15, 0.2) is 0 Å². The van der Waals surface area contributed by atoms with Gasteiger partial charge in [-0.25, -0.2) is 4.98 Å². The molecule has 0 aliphatic carbocycles. The average Bonchev–Trinajstić information content (AvgIpc) is 2.58. The van der Waals surface area contributed by atoms with Crippen LogP contribution in [0.3, 0.4) is 0 Å². The molecule has 2 heterocycles. The summed E-state index contributed by atoms with van der Waals surface area (Å²) in [6.45, 7) is 10.7. The molecule has 0 aromatic carbocycles. The molecule has 1 saturated heterocycles. The maximum absolute atomic E-state index is 12.7. The number of amides is 1. The van der Waals surface area contributed by atoms with Gasteiger partial charge in [0, 0.05) is 32.4 Å². The molecule has 1 fully saturated rings. The second-order valence-corrected chi connectivity index (χ2v) is 7.13. The lowest BCUT2D eigenvalue weighted by Gasteiger charge is -2.41. The van der Waals surface area contributed by atoms with E-state index in [1.165, 1.54) is 0 Å². The van der Waals surface area contributed by atoms with Gasteiger partial charge in [-0.3, -0.25) is 9.69 Å². The standard InChI is InChI=1S/C19H29N5O2/c1-13(2)17(24-11-14(3)26-15(4)12-24)19(25)23-9-8-22-18-16(10-20)6-5-7-21-18/h5-7,13-15,17H,8-9,11-12H2,1-4H3,(H,21,22)(H,23,25)/t14-,15+,17-/m0/s1. The number of morpholine rings is 1. The molecule has 3 atom stereocenters. The van der Waals surface area contributed by atoms with E-state index in [2.05, 4.69) is 40.4 Å². The summed E-state index contributed by atoms with van der Waals surface area (Å²) in [7, 11) is 0. The summed E-state index contributed by atoms with van der Waals surface area (Å²) >= 11 is 0. The third kappa shape index (κ3) is 5.41. The Hall–Kier alpha value is -2.17. The molecule has 0 unspecified atom stereocenters. The molecule has 1 amide bonds. The third-order valence-electron chi connectivity index (χ3n) is 4.39. The molecule has 0 radical (unpaired) electrons. The Morgan fingerprint density at radius 2 is 2.08 bits per heavy atom. The highest BCUT2D eigenvalue weighted by atomic mass is 16.5. The average molecular weight is 359 g/mol. The van der Waals surface area contributed by atoms with Crippen molar-refractivity contribution in [2.24, 2.45) is 5.92 Å². The molecule has 1 aromatic rings. The van der Waals surface area contributed by atoms with Crippen molar-refractivity contribution in [2.45, 2.75) is 45.9 Å². The lowest BCUT2D eigenvalue weighted by molar-refractivity contribution is -0.135. The first-order chi connectivity index (χ1) is 12.4. The zero-order chi connectivity index (χ0) is 19.1. The number of ether oxygens (including phenoxy) is 1. The molecule has 142 valence electrons. The summed E-state index contributed by atoms with van der Waals surface area (Å²) in [6.07, 6.45) is 1.89. The molecule has 0 bridgehead atoms. The number of nitriles is 1. The SMILES string of the molecule is CC(C)[C@@H](C(=O)NCCNc1ncccc1C#N)N1C[C@@H](C)O[C@@H](C)C1. The van der Waals surface area contributed by atoms with Gasteiger partial charge in [-0.2, -0.15) is 5.26 Å². The summed E-state index contributed by atoms with van der Waals surface area (Å²) in [4.78, 5) is 19.1. The Morgan fingerprint density at radius 1 is 1.38 bits per heavy atom. The van der Waals surface area contributed by atoms with Crippen LogP contribution in [-0.2, 0) is 9.53 Å². The van der Waals surface area contributed by atoms with Crippen LogP contribution in [0, 0.1) is 17.2 Å². The zero-order valence-corrected chi connectivity index (χ0v) is 16.0. The summed E-state index contributed by atoms with van der Waals surface area (Å²) in [6, 6.07) is 5.36. The lowest BCUT2D eigenvalue weighted by atomic mass is 9.99. The predicted molar refractivity (Wildman–Crippen MR) is 101 cm³/mol. The van der Waals surface area contributed by atoms with Crippen molar-refractivity contribution in [3.05, 3.63) is 23.9 Å². The van der Waals surface area contributed by atoms with Crippen molar-refractivity contribution in [1.29, 1.82) is 5.26 Å². The first kappa shape index (κ1) is 20.1. The van der Waals surface area contributed by atoms with Crippen LogP contribution in [0.2, 0.25) is 0 Å². The fourth-order valence-electron chi connectivity index (χ4n) is 3.44. The van der Waals surface area contributed by atoms with E-state index >= 15 is 0 Å². The van der Waals surface area contributed by atoms with E-state index in [0.29, 0.717) is 24.5 Å². The number of aromatic nitrogens is 1. The number of rotatable bonds is 7. The Kier molecular flexibility index (Phi) is 7.37. The summed E-state index contributed by atoms with van der Waals surface area (Å²) in [5.74, 6) is 0.784. The molecule has 2 N–H and O–H groups in total. The van der Waals surface area contributed by atoms with Crippen LogP contribution in [0.1, 0.15) is 33.3 Å². The highest BCUT2D eigenvalue weighted by Crippen LogP contribution is 2.18. The fourth-order valence-corrected chi connectivity index (χ4v) is 3.44. The Morgan fingerprint density at radius 3 is 2.69 bits per heavy atom. The number of hydrogen-bond donors (Lipinski definition) is 2. The minimum Gasteiger partial charge on any atom is -0.373 e. The van der Waals surface area contributed by atoms with Gasteiger partial charge in [-0.1, -0.05) is 13.8 Å². The van der Waals surface area contributed by atoms with E-state index < -0.39 is 0 Å². The van der Waals surface area contributed by atoms with Gasteiger partial charge in [0.25, 0.3) is 0 Å². The number of hydrogen-bond acceptors (Lipinski definition) is 6. The van der Waals surface area contributed by atoms with E-state index in [4.69, 9.17) is 10.00 Å². The van der Waals surface area contributed by atoms with Gasteiger partial charge in [-0.05, 0) is 31.9 Å². The van der Waals surface area contributed by atoms with Crippen LogP contribution in [0.15, 0.2) is 18.3 Å². The van der Waals surface area contributed by atoms with Gasteiger partial charge in [-0.15, -0.1) is 0 Å². The van der Waals surface area contributed by atoms with Gasteiger partial charge in [0.2, 0.25) is 5.91 Å². The van der Waals surface area contributed by atoms with E-state index in [9.17, 15) is 4.79 Å². The Balaban J connectivity index is 1.87. The number of nitrogens with zero attached hydrogens (tertiary/aromatic N) is 3. The largest absolute Gasteiger partial charge is 0.373 e. The van der Waals surface area contributed by atoms with Crippen LogP contribution in [-0.4, -0.2) is 60.2 Å². The molecule has 0 spiro atoms. The minimum atomic E-state index is -0.173. The molecular formula is C19H29N5O2. The number of anilines is 1. The summed E-state index contributed by atoms with van der Waals surface area (Å²) < 4.78 is 5.78. The van der Waals surface area contributed by atoms with Crippen molar-refractivity contribution in [3.63, 3.8) is 0 Å². The lowest BCUT2D eigenvalue weighted by Crippen LogP contribution is -2.57. The molecule has 0 saturated carbocycles. The van der Waals surface area contributed by atoms with Gasteiger partial charge >= 0.3 is 0 Å². The van der Waals surface area contributed by atoms with E-state index in [-0.39, 0.29) is 30.1 Å². The monoisotopic (exact) mass is 359 g/mol. The number of pyridine rings is 1. The van der Waals surface area contributed by atoms with Gasteiger partial charge < -0.3 is 15.4 Å². The second kappa shape index (κ2) is 9.51. The topological polar surface area (TPSA) is 90.3 Å². The van der Waals surface area contributed by atoms with Gasteiger partial charge in [0.1, 0.15) is 11.9 Å². The van der Waals surface area contributed by atoms with Crippen LogP contribution in [0.25, 0.3) is 0 Å². The van der Waals surface area contributed by atoms with Gasteiger partial charge in [0.05, 0.1) is 23.8 Å². The first-order valence-corrected chi connectivity index (χ1v) is 9.18. The molecule has 1 aliphatic heterocycles. The molecule has 2 rings (SSSR count). The summed E-state index contributed by atoms with van der Waals surface area (Å²) in [5.41, 5.74) is 0.496. The van der Waals surface area contributed by atoms with Crippen molar-refractivity contribution in [2.75, 3.05) is 31.5 Å². The normalized spacial score (nSPS) is 21.8. The van der Waals surface area contributed by atoms with Crippen LogP contribution < -0.4 is 10.6 Å². The van der Waals surface area contributed by atoms with Crippen molar-refractivity contribution in [3.8, 4) is 6.07 Å². The Labute approximate surface area is 155 Å². The highest BCUT2D eigenvalue weighted by molar-refractivity contribution is 5.82.